The van der Waals surface area contributed by atoms with Crippen LogP contribution in [0.3, 0.4) is 0 Å². The van der Waals surface area contributed by atoms with Crippen molar-refractivity contribution in [2.45, 2.75) is 12.8 Å². The van der Waals surface area contributed by atoms with Crippen LogP contribution in [0.2, 0.25) is 0 Å². The SMILES string of the molecule is NCC#Cc1cnc(NC(=O)CCc2ccccc2)s1. The van der Waals surface area contributed by atoms with Gasteiger partial charge in [0, 0.05) is 6.42 Å². The normalized spacial score (nSPS) is 9.65. The minimum absolute atomic E-state index is 0.0402. The maximum atomic E-state index is 11.8. The van der Waals surface area contributed by atoms with E-state index in [2.05, 4.69) is 22.1 Å². The monoisotopic (exact) mass is 285 g/mol. The molecular formula is C15H15N3OS. The number of rotatable bonds is 4. The average molecular weight is 285 g/mol. The van der Waals surface area contributed by atoms with Crippen molar-refractivity contribution in [3.63, 3.8) is 0 Å². The molecule has 0 saturated heterocycles. The van der Waals surface area contributed by atoms with Crippen LogP contribution in [0.1, 0.15) is 16.9 Å². The highest BCUT2D eigenvalue weighted by Gasteiger charge is 2.06. The van der Waals surface area contributed by atoms with E-state index in [0.29, 0.717) is 18.1 Å². The first-order valence-electron chi connectivity index (χ1n) is 6.26. The van der Waals surface area contributed by atoms with E-state index in [0.717, 1.165) is 16.9 Å². The molecule has 0 aliphatic heterocycles. The van der Waals surface area contributed by atoms with E-state index in [1.807, 2.05) is 30.3 Å². The van der Waals surface area contributed by atoms with Gasteiger partial charge in [-0.1, -0.05) is 53.5 Å². The number of carbonyl (C=O) groups is 1. The summed E-state index contributed by atoms with van der Waals surface area (Å²) in [5.41, 5.74) is 6.45. The van der Waals surface area contributed by atoms with E-state index in [1.165, 1.54) is 11.3 Å². The predicted molar refractivity (Wildman–Crippen MR) is 81.4 cm³/mol. The lowest BCUT2D eigenvalue weighted by atomic mass is 10.1. The second-order valence-electron chi connectivity index (χ2n) is 4.07. The summed E-state index contributed by atoms with van der Waals surface area (Å²) in [5.74, 6) is 5.60. The maximum absolute atomic E-state index is 11.8. The molecule has 0 aliphatic rings. The lowest BCUT2D eigenvalue weighted by Crippen LogP contribution is -2.11. The number of anilines is 1. The van der Waals surface area contributed by atoms with Crippen LogP contribution >= 0.6 is 11.3 Å². The molecule has 2 aromatic rings. The first kappa shape index (κ1) is 14.3. The molecule has 1 heterocycles. The molecule has 4 nitrogen and oxygen atoms in total. The number of hydrogen-bond acceptors (Lipinski definition) is 4. The Bertz CT molecular complexity index is 625. The summed E-state index contributed by atoms with van der Waals surface area (Å²) in [6.07, 6.45) is 2.80. The predicted octanol–water partition coefficient (Wildman–Crippen LogP) is 2.02. The van der Waals surface area contributed by atoms with Gasteiger partial charge in [0.2, 0.25) is 5.91 Å². The fourth-order valence-corrected chi connectivity index (χ4v) is 2.32. The number of aryl methyl sites for hydroxylation is 1. The van der Waals surface area contributed by atoms with E-state index in [1.54, 1.807) is 6.20 Å². The van der Waals surface area contributed by atoms with Crippen molar-refractivity contribution in [2.24, 2.45) is 5.73 Å². The number of thiazole rings is 1. The van der Waals surface area contributed by atoms with Gasteiger partial charge in [-0.25, -0.2) is 4.98 Å². The van der Waals surface area contributed by atoms with E-state index in [9.17, 15) is 4.79 Å². The Labute approximate surface area is 122 Å². The highest BCUT2D eigenvalue weighted by molar-refractivity contribution is 7.16. The molecule has 0 fully saturated rings. The molecule has 0 bridgehead atoms. The van der Waals surface area contributed by atoms with Crippen molar-refractivity contribution in [2.75, 3.05) is 11.9 Å². The summed E-state index contributed by atoms with van der Waals surface area (Å²) in [7, 11) is 0. The Kier molecular flexibility index (Phi) is 5.30. The number of nitrogens with one attached hydrogen (secondary N) is 1. The van der Waals surface area contributed by atoms with E-state index in [4.69, 9.17) is 5.73 Å². The molecule has 5 heteroatoms. The number of amides is 1. The molecule has 1 amide bonds. The van der Waals surface area contributed by atoms with Gasteiger partial charge in [-0.05, 0) is 12.0 Å². The fourth-order valence-electron chi connectivity index (χ4n) is 1.61. The molecule has 3 N–H and O–H groups in total. The summed E-state index contributed by atoms with van der Waals surface area (Å²) >= 11 is 1.35. The molecule has 0 aliphatic carbocycles. The van der Waals surface area contributed by atoms with Gasteiger partial charge in [0.05, 0.1) is 17.6 Å². The lowest BCUT2D eigenvalue weighted by molar-refractivity contribution is -0.116. The zero-order chi connectivity index (χ0) is 14.2. The third-order valence-electron chi connectivity index (χ3n) is 2.55. The van der Waals surface area contributed by atoms with Crippen LogP contribution in [0.15, 0.2) is 36.5 Å². The molecule has 20 heavy (non-hydrogen) atoms. The van der Waals surface area contributed by atoms with Gasteiger partial charge < -0.3 is 11.1 Å². The number of hydrogen-bond donors (Lipinski definition) is 2. The molecule has 0 unspecified atom stereocenters. The topological polar surface area (TPSA) is 68.0 Å². The highest BCUT2D eigenvalue weighted by Crippen LogP contribution is 2.17. The Hall–Kier alpha value is -2.16. The van der Waals surface area contributed by atoms with Crippen LogP contribution in [-0.2, 0) is 11.2 Å². The highest BCUT2D eigenvalue weighted by atomic mass is 32.1. The Morgan fingerprint density at radius 1 is 1.35 bits per heavy atom. The smallest absolute Gasteiger partial charge is 0.226 e. The molecule has 102 valence electrons. The zero-order valence-corrected chi connectivity index (χ0v) is 11.7. The summed E-state index contributed by atoms with van der Waals surface area (Å²) in [6.45, 7) is 0.316. The second kappa shape index (κ2) is 7.43. The van der Waals surface area contributed by atoms with E-state index in [-0.39, 0.29) is 5.91 Å². The third-order valence-corrected chi connectivity index (χ3v) is 3.38. The standard InChI is InChI=1S/C15H15N3OS/c16-10-4-7-13-11-17-15(20-13)18-14(19)9-8-12-5-2-1-3-6-12/h1-3,5-6,11H,8-10,16H2,(H,17,18,19). The average Bonchev–Trinajstić information content (AvgIpc) is 2.91. The Balaban J connectivity index is 1.84. The van der Waals surface area contributed by atoms with Crippen LogP contribution in [0.5, 0.6) is 0 Å². The molecule has 0 saturated carbocycles. The minimum atomic E-state index is -0.0402. The van der Waals surface area contributed by atoms with Crippen molar-refractivity contribution >= 4 is 22.4 Å². The largest absolute Gasteiger partial charge is 0.320 e. The van der Waals surface area contributed by atoms with Gasteiger partial charge in [0.1, 0.15) is 0 Å². The quantitative estimate of drug-likeness (QED) is 0.845. The molecule has 1 aromatic heterocycles. The molecular weight excluding hydrogens is 270 g/mol. The van der Waals surface area contributed by atoms with Crippen LogP contribution < -0.4 is 11.1 Å². The van der Waals surface area contributed by atoms with Crippen LogP contribution in [0.25, 0.3) is 0 Å². The third kappa shape index (κ3) is 4.50. The van der Waals surface area contributed by atoms with E-state index >= 15 is 0 Å². The summed E-state index contributed by atoms with van der Waals surface area (Å²) < 4.78 is 0. The second-order valence-corrected chi connectivity index (χ2v) is 5.10. The van der Waals surface area contributed by atoms with Gasteiger partial charge in [-0.3, -0.25) is 4.79 Å². The van der Waals surface area contributed by atoms with Crippen LogP contribution in [0.4, 0.5) is 5.13 Å². The summed E-state index contributed by atoms with van der Waals surface area (Å²) in [4.78, 5) is 16.7. The maximum Gasteiger partial charge on any atom is 0.226 e. The number of carbonyl (C=O) groups excluding carboxylic acids is 1. The number of aromatic nitrogens is 1. The Morgan fingerprint density at radius 2 is 2.15 bits per heavy atom. The van der Waals surface area contributed by atoms with Crippen LogP contribution in [-0.4, -0.2) is 17.4 Å². The van der Waals surface area contributed by atoms with Crippen molar-refractivity contribution in [1.82, 2.24) is 4.98 Å². The van der Waals surface area contributed by atoms with Crippen molar-refractivity contribution < 1.29 is 4.79 Å². The van der Waals surface area contributed by atoms with Gasteiger partial charge >= 0.3 is 0 Å². The number of benzene rings is 1. The minimum Gasteiger partial charge on any atom is -0.320 e. The molecule has 0 radical (unpaired) electrons. The molecule has 0 spiro atoms. The number of nitrogens with zero attached hydrogens (tertiary/aromatic N) is 1. The first-order chi connectivity index (χ1) is 9.78. The summed E-state index contributed by atoms with van der Waals surface area (Å²) in [6, 6.07) is 9.92. The summed E-state index contributed by atoms with van der Waals surface area (Å²) in [5, 5.41) is 3.35. The Morgan fingerprint density at radius 3 is 2.90 bits per heavy atom. The first-order valence-corrected chi connectivity index (χ1v) is 7.08. The fraction of sp³-hybridized carbons (Fsp3) is 0.200. The van der Waals surface area contributed by atoms with Crippen molar-refractivity contribution in [3.05, 3.63) is 47.0 Å². The van der Waals surface area contributed by atoms with E-state index < -0.39 is 0 Å². The molecule has 1 aromatic carbocycles. The number of nitrogens with two attached hydrogens (primary N) is 1. The van der Waals surface area contributed by atoms with Gasteiger partial charge in [-0.15, -0.1) is 0 Å². The van der Waals surface area contributed by atoms with Crippen LogP contribution in [0, 0.1) is 11.8 Å². The van der Waals surface area contributed by atoms with Crippen molar-refractivity contribution in [1.29, 1.82) is 0 Å². The lowest BCUT2D eigenvalue weighted by Gasteiger charge is -2.01. The molecule has 2 rings (SSSR count). The van der Waals surface area contributed by atoms with Gasteiger partial charge in [-0.2, -0.15) is 0 Å². The van der Waals surface area contributed by atoms with Gasteiger partial charge in [0.15, 0.2) is 5.13 Å². The zero-order valence-electron chi connectivity index (χ0n) is 10.9. The van der Waals surface area contributed by atoms with Gasteiger partial charge in [0.25, 0.3) is 0 Å². The van der Waals surface area contributed by atoms with Crippen molar-refractivity contribution in [3.8, 4) is 11.8 Å². The molecule has 0 atom stereocenters.